The predicted molar refractivity (Wildman–Crippen MR) is 159 cm³/mol. The molecule has 0 saturated carbocycles. The van der Waals surface area contributed by atoms with Crippen molar-refractivity contribution in [1.29, 1.82) is 0 Å². The summed E-state index contributed by atoms with van der Waals surface area (Å²) in [6.07, 6.45) is -0.830. The molecule has 0 aliphatic heterocycles. The number of amides is 3. The van der Waals surface area contributed by atoms with Crippen molar-refractivity contribution in [3.05, 3.63) is 89.0 Å². The van der Waals surface area contributed by atoms with Gasteiger partial charge in [0.15, 0.2) is 0 Å². The topological polar surface area (TPSA) is 148 Å². The number of aryl methyl sites for hydroxylation is 2. The molecule has 0 aliphatic carbocycles. The maximum absolute atomic E-state index is 14.2. The fourth-order valence-corrected chi connectivity index (χ4v) is 4.56. The Kier molecular flexibility index (Phi) is 10.5. The van der Waals surface area contributed by atoms with Gasteiger partial charge in [-0.2, -0.15) is 0 Å². The fourth-order valence-electron chi connectivity index (χ4n) is 4.56. The molecule has 10 heteroatoms. The first kappa shape index (κ1) is 32.0. The van der Waals surface area contributed by atoms with E-state index >= 15 is 0 Å². The van der Waals surface area contributed by atoms with Gasteiger partial charge in [-0.15, -0.1) is 0 Å². The van der Waals surface area contributed by atoms with Crippen molar-refractivity contribution in [1.82, 2.24) is 10.2 Å². The molecular formula is C32H39N3O7. The van der Waals surface area contributed by atoms with Crippen LogP contribution in [0.3, 0.4) is 0 Å². The van der Waals surface area contributed by atoms with Crippen LogP contribution in [-0.2, 0) is 20.7 Å². The lowest BCUT2D eigenvalue weighted by molar-refractivity contribution is -0.141. The van der Waals surface area contributed by atoms with Gasteiger partial charge in [-0.25, -0.2) is 4.79 Å². The van der Waals surface area contributed by atoms with Crippen molar-refractivity contribution in [2.45, 2.75) is 58.7 Å². The first-order valence-electron chi connectivity index (χ1n) is 13.6. The number of alkyl carbamates (subject to hydrolysis) is 1. The van der Waals surface area contributed by atoms with Gasteiger partial charge in [-0.05, 0) is 81.1 Å². The van der Waals surface area contributed by atoms with Crippen LogP contribution in [0.4, 0.5) is 10.5 Å². The zero-order valence-electron chi connectivity index (χ0n) is 24.5. The molecule has 0 bridgehead atoms. The molecule has 3 rings (SSSR count). The Morgan fingerprint density at radius 1 is 0.905 bits per heavy atom. The highest BCUT2D eigenvalue weighted by molar-refractivity contribution is 6.00. The lowest BCUT2D eigenvalue weighted by atomic mass is 9.99. The van der Waals surface area contributed by atoms with Gasteiger partial charge < -0.3 is 35.6 Å². The molecule has 3 aromatic rings. The van der Waals surface area contributed by atoms with E-state index in [1.807, 2.05) is 32.0 Å². The Labute approximate surface area is 245 Å². The largest absolute Gasteiger partial charge is 0.508 e. The Bertz CT molecular complexity index is 1380. The van der Waals surface area contributed by atoms with Gasteiger partial charge in [0.25, 0.3) is 5.91 Å². The Morgan fingerprint density at radius 2 is 1.52 bits per heavy atom. The number of carbonyl (C=O) groups is 3. The number of carbonyl (C=O) groups excluding carboxylic acids is 3. The molecule has 0 radical (unpaired) electrons. The van der Waals surface area contributed by atoms with Crippen LogP contribution in [-0.4, -0.2) is 62.9 Å². The summed E-state index contributed by atoms with van der Waals surface area (Å²) >= 11 is 0. The second-order valence-electron chi connectivity index (χ2n) is 11.1. The number of hydrogen-bond donors (Lipinski definition) is 5. The Balaban J connectivity index is 2.07. The quantitative estimate of drug-likeness (QED) is 0.241. The summed E-state index contributed by atoms with van der Waals surface area (Å²) < 4.78 is 5.41. The van der Waals surface area contributed by atoms with Crippen LogP contribution in [0.2, 0.25) is 0 Å². The van der Waals surface area contributed by atoms with Crippen molar-refractivity contribution < 1.29 is 34.4 Å². The number of aromatic hydroxyl groups is 2. The smallest absolute Gasteiger partial charge is 0.408 e. The maximum Gasteiger partial charge on any atom is 0.408 e. The third-order valence-electron chi connectivity index (χ3n) is 6.46. The standard InChI is InChI=1S/C32H39N3O7/c1-20-8-6-9-21(2)27(20)34-29(39)28(23-10-7-11-25(38)19-23)35(16-17-36)30(40)26(33-31(41)42-32(3,4)5)18-22-12-14-24(37)15-13-22/h6-15,19,26,28,36-38H,16-18H2,1-5H3,(H,33,41)(H,34,39). The fraction of sp³-hybridized carbons (Fsp3) is 0.344. The van der Waals surface area contributed by atoms with Crippen LogP contribution in [0.1, 0.15) is 49.1 Å². The van der Waals surface area contributed by atoms with Crippen molar-refractivity contribution in [2.24, 2.45) is 0 Å². The summed E-state index contributed by atoms with van der Waals surface area (Å²) in [6.45, 7) is 8.05. The van der Waals surface area contributed by atoms with Crippen molar-refractivity contribution in [2.75, 3.05) is 18.5 Å². The number of phenols is 2. The number of phenolic OH excluding ortho intramolecular Hbond substituents is 2. The molecule has 0 saturated heterocycles. The molecule has 0 aromatic heterocycles. The number of rotatable bonds is 10. The van der Waals surface area contributed by atoms with Gasteiger partial charge in [0.05, 0.1) is 6.61 Å². The monoisotopic (exact) mass is 577 g/mol. The number of anilines is 1. The van der Waals surface area contributed by atoms with E-state index in [0.29, 0.717) is 16.8 Å². The molecule has 42 heavy (non-hydrogen) atoms. The van der Waals surface area contributed by atoms with Gasteiger partial charge in [0, 0.05) is 18.7 Å². The summed E-state index contributed by atoms with van der Waals surface area (Å²) in [7, 11) is 0. The molecule has 0 heterocycles. The lowest BCUT2D eigenvalue weighted by Gasteiger charge is -2.34. The SMILES string of the molecule is Cc1cccc(C)c1NC(=O)C(c1cccc(O)c1)N(CCO)C(=O)C(Cc1ccc(O)cc1)NC(=O)OC(C)(C)C. The molecular weight excluding hydrogens is 538 g/mol. The summed E-state index contributed by atoms with van der Waals surface area (Å²) in [6, 6.07) is 15.2. The van der Waals surface area contributed by atoms with E-state index in [-0.39, 0.29) is 24.5 Å². The van der Waals surface area contributed by atoms with Gasteiger partial charge in [-0.1, -0.05) is 42.5 Å². The second kappa shape index (κ2) is 13.9. The van der Waals surface area contributed by atoms with Gasteiger partial charge in [0.1, 0.15) is 29.2 Å². The van der Waals surface area contributed by atoms with Crippen molar-refractivity contribution in [3.8, 4) is 11.5 Å². The maximum atomic E-state index is 14.2. The zero-order valence-corrected chi connectivity index (χ0v) is 24.5. The number of aliphatic hydroxyl groups excluding tert-OH is 1. The second-order valence-corrected chi connectivity index (χ2v) is 11.1. The van der Waals surface area contributed by atoms with Crippen LogP contribution in [0.5, 0.6) is 11.5 Å². The molecule has 0 aliphatic rings. The van der Waals surface area contributed by atoms with E-state index in [4.69, 9.17) is 4.74 Å². The minimum Gasteiger partial charge on any atom is -0.508 e. The average molecular weight is 578 g/mol. The number of para-hydroxylation sites is 1. The van der Waals surface area contributed by atoms with Crippen LogP contribution < -0.4 is 10.6 Å². The van der Waals surface area contributed by atoms with Crippen LogP contribution in [0.15, 0.2) is 66.7 Å². The molecule has 2 unspecified atom stereocenters. The van der Waals surface area contributed by atoms with E-state index in [1.54, 1.807) is 45.0 Å². The van der Waals surface area contributed by atoms with Crippen molar-refractivity contribution in [3.63, 3.8) is 0 Å². The highest BCUT2D eigenvalue weighted by Crippen LogP contribution is 2.29. The van der Waals surface area contributed by atoms with Gasteiger partial charge in [0.2, 0.25) is 5.91 Å². The number of ether oxygens (including phenoxy) is 1. The van der Waals surface area contributed by atoms with Crippen LogP contribution >= 0.6 is 0 Å². The average Bonchev–Trinajstić information content (AvgIpc) is 2.90. The number of hydrogen-bond acceptors (Lipinski definition) is 7. The van der Waals surface area contributed by atoms with E-state index < -0.39 is 42.2 Å². The highest BCUT2D eigenvalue weighted by atomic mass is 16.6. The molecule has 5 N–H and O–H groups in total. The van der Waals surface area contributed by atoms with Crippen LogP contribution in [0, 0.1) is 13.8 Å². The summed E-state index contributed by atoms with van der Waals surface area (Å²) in [5.41, 5.74) is 2.30. The zero-order chi connectivity index (χ0) is 31.0. The van der Waals surface area contributed by atoms with E-state index in [0.717, 1.165) is 11.1 Å². The number of nitrogens with one attached hydrogen (secondary N) is 2. The van der Waals surface area contributed by atoms with Crippen molar-refractivity contribution >= 4 is 23.6 Å². The third kappa shape index (κ3) is 8.71. The summed E-state index contributed by atoms with van der Waals surface area (Å²) in [5.74, 6) is -1.30. The lowest BCUT2D eigenvalue weighted by Crippen LogP contribution is -2.53. The van der Waals surface area contributed by atoms with E-state index in [1.165, 1.54) is 29.2 Å². The molecule has 2 atom stereocenters. The van der Waals surface area contributed by atoms with E-state index in [2.05, 4.69) is 10.6 Å². The molecule has 0 spiro atoms. The Hall–Kier alpha value is -4.57. The first-order valence-corrected chi connectivity index (χ1v) is 13.6. The van der Waals surface area contributed by atoms with E-state index in [9.17, 15) is 29.7 Å². The minimum absolute atomic E-state index is 0.00552. The normalized spacial score (nSPS) is 12.6. The van der Waals surface area contributed by atoms with Gasteiger partial charge in [-0.3, -0.25) is 9.59 Å². The molecule has 3 amide bonds. The number of nitrogens with zero attached hydrogens (tertiary/aromatic N) is 1. The molecule has 224 valence electrons. The molecule has 10 nitrogen and oxygen atoms in total. The first-order chi connectivity index (χ1) is 19.8. The number of aliphatic hydroxyl groups is 1. The highest BCUT2D eigenvalue weighted by Gasteiger charge is 2.36. The predicted octanol–water partition coefficient (Wildman–Crippen LogP) is 4.35. The minimum atomic E-state index is -1.28. The third-order valence-corrected chi connectivity index (χ3v) is 6.46. The summed E-state index contributed by atoms with van der Waals surface area (Å²) in [5, 5.41) is 35.5. The molecule has 3 aromatic carbocycles. The summed E-state index contributed by atoms with van der Waals surface area (Å²) in [4.78, 5) is 42.2. The molecule has 0 fully saturated rings. The van der Waals surface area contributed by atoms with Crippen LogP contribution in [0.25, 0.3) is 0 Å². The Morgan fingerprint density at radius 3 is 2.10 bits per heavy atom. The van der Waals surface area contributed by atoms with Gasteiger partial charge >= 0.3 is 6.09 Å². The number of benzene rings is 3.